The summed E-state index contributed by atoms with van der Waals surface area (Å²) in [7, 11) is 0. The predicted octanol–water partition coefficient (Wildman–Crippen LogP) is 2.34. The summed E-state index contributed by atoms with van der Waals surface area (Å²) in [6.07, 6.45) is 3.19. The number of phenols is 2. The van der Waals surface area contributed by atoms with Crippen LogP contribution in [-0.4, -0.2) is 27.3 Å². The number of fused-ring (bicyclic) bond motifs is 1. The molecule has 4 N–H and O–H groups in total. The molecule has 22 heavy (non-hydrogen) atoms. The smallest absolute Gasteiger partial charge is 0.275 e. The molecule has 0 aliphatic rings. The highest BCUT2D eigenvalue weighted by molar-refractivity contribution is 6.01. The minimum absolute atomic E-state index is 0.104. The molecule has 0 saturated carbocycles. The first-order valence-electron chi connectivity index (χ1n) is 6.56. The molecule has 0 aliphatic heterocycles. The predicted molar refractivity (Wildman–Crippen MR) is 83.1 cm³/mol. The van der Waals surface area contributed by atoms with E-state index in [4.69, 9.17) is 0 Å². The fraction of sp³-hybridized carbons (Fsp3) is 0. The summed E-state index contributed by atoms with van der Waals surface area (Å²) in [4.78, 5) is 14.9. The highest BCUT2D eigenvalue weighted by atomic mass is 16.3. The van der Waals surface area contributed by atoms with E-state index in [0.29, 0.717) is 0 Å². The van der Waals surface area contributed by atoms with Crippen LogP contribution in [0, 0.1) is 0 Å². The van der Waals surface area contributed by atoms with E-state index in [0.717, 1.165) is 16.5 Å². The molecule has 0 bridgehead atoms. The second kappa shape index (κ2) is 5.61. The number of nitrogens with zero attached hydrogens (tertiary/aromatic N) is 1. The van der Waals surface area contributed by atoms with Crippen molar-refractivity contribution in [3.8, 4) is 11.5 Å². The van der Waals surface area contributed by atoms with Crippen molar-refractivity contribution in [1.82, 2.24) is 10.4 Å². The number of hydrogen-bond donors (Lipinski definition) is 4. The summed E-state index contributed by atoms with van der Waals surface area (Å²) in [6, 6.07) is 11.2. The second-order valence-corrected chi connectivity index (χ2v) is 4.69. The molecule has 6 heteroatoms. The normalized spacial score (nSPS) is 11.1. The third-order valence-electron chi connectivity index (χ3n) is 3.22. The Morgan fingerprint density at radius 2 is 2.00 bits per heavy atom. The van der Waals surface area contributed by atoms with Gasteiger partial charge < -0.3 is 15.2 Å². The Balaban J connectivity index is 1.78. The van der Waals surface area contributed by atoms with E-state index in [9.17, 15) is 15.0 Å². The number of aromatic amines is 1. The number of phenolic OH excluding ortho intramolecular Hbond substituents is 2. The van der Waals surface area contributed by atoms with Crippen molar-refractivity contribution in [3.05, 3.63) is 59.8 Å². The second-order valence-electron chi connectivity index (χ2n) is 4.69. The standard InChI is InChI=1S/C16H13N3O3/c20-11-5-6-14-13(7-11)10(8-17-14)9-18-19-16(22)12-3-1-2-4-15(12)21/h1-9,17,20-21H,(H,19,22)/b18-9+. The number of rotatable bonds is 3. The van der Waals surface area contributed by atoms with Gasteiger partial charge in [0.2, 0.25) is 0 Å². The van der Waals surface area contributed by atoms with Crippen LogP contribution >= 0.6 is 0 Å². The van der Waals surface area contributed by atoms with Gasteiger partial charge in [-0.3, -0.25) is 4.79 Å². The van der Waals surface area contributed by atoms with Crippen molar-refractivity contribution in [1.29, 1.82) is 0 Å². The van der Waals surface area contributed by atoms with Crippen LogP contribution in [0.4, 0.5) is 0 Å². The highest BCUT2D eigenvalue weighted by Crippen LogP contribution is 2.21. The van der Waals surface area contributed by atoms with E-state index in [1.165, 1.54) is 18.3 Å². The molecular weight excluding hydrogens is 282 g/mol. The van der Waals surface area contributed by atoms with Crippen molar-refractivity contribution < 1.29 is 15.0 Å². The number of benzene rings is 2. The minimum atomic E-state index is -0.503. The zero-order valence-corrected chi connectivity index (χ0v) is 11.4. The number of amides is 1. The minimum Gasteiger partial charge on any atom is -0.508 e. The van der Waals surface area contributed by atoms with Gasteiger partial charge in [-0.05, 0) is 30.3 Å². The topological polar surface area (TPSA) is 97.7 Å². The van der Waals surface area contributed by atoms with Crippen molar-refractivity contribution >= 4 is 23.0 Å². The molecule has 1 aromatic heterocycles. The average molecular weight is 295 g/mol. The molecular formula is C16H13N3O3. The number of hydrogen-bond acceptors (Lipinski definition) is 4. The Morgan fingerprint density at radius 3 is 2.82 bits per heavy atom. The van der Waals surface area contributed by atoms with Crippen molar-refractivity contribution in [2.45, 2.75) is 0 Å². The van der Waals surface area contributed by atoms with E-state index in [1.54, 1.807) is 36.5 Å². The van der Waals surface area contributed by atoms with Crippen molar-refractivity contribution in [2.75, 3.05) is 0 Å². The number of aromatic hydroxyl groups is 2. The van der Waals surface area contributed by atoms with Crippen LogP contribution in [0.5, 0.6) is 11.5 Å². The van der Waals surface area contributed by atoms with Crippen LogP contribution in [0.25, 0.3) is 10.9 Å². The molecule has 0 saturated heterocycles. The van der Waals surface area contributed by atoms with E-state index >= 15 is 0 Å². The summed E-state index contributed by atoms with van der Waals surface area (Å²) in [6.45, 7) is 0. The molecule has 0 unspecified atom stereocenters. The first-order valence-corrected chi connectivity index (χ1v) is 6.56. The van der Waals surface area contributed by atoms with Gasteiger partial charge in [0, 0.05) is 22.7 Å². The van der Waals surface area contributed by atoms with Crippen LogP contribution in [0.1, 0.15) is 15.9 Å². The Morgan fingerprint density at radius 1 is 1.18 bits per heavy atom. The van der Waals surface area contributed by atoms with E-state index < -0.39 is 5.91 Å². The maximum absolute atomic E-state index is 11.9. The number of hydrazone groups is 1. The Labute approximate surface area is 125 Å². The molecule has 1 heterocycles. The van der Waals surface area contributed by atoms with E-state index in [2.05, 4.69) is 15.5 Å². The number of para-hydroxylation sites is 1. The molecule has 6 nitrogen and oxygen atoms in total. The fourth-order valence-electron chi connectivity index (χ4n) is 2.12. The average Bonchev–Trinajstić information content (AvgIpc) is 2.90. The van der Waals surface area contributed by atoms with Gasteiger partial charge in [0.25, 0.3) is 5.91 Å². The van der Waals surface area contributed by atoms with Gasteiger partial charge in [-0.25, -0.2) is 5.43 Å². The third kappa shape index (κ3) is 2.62. The van der Waals surface area contributed by atoms with Gasteiger partial charge in [0.1, 0.15) is 11.5 Å². The van der Waals surface area contributed by atoms with Gasteiger partial charge in [0.15, 0.2) is 0 Å². The molecule has 110 valence electrons. The molecule has 3 rings (SSSR count). The number of nitrogens with one attached hydrogen (secondary N) is 2. The summed E-state index contributed by atoms with van der Waals surface area (Å²) >= 11 is 0. The van der Waals surface area contributed by atoms with Crippen LogP contribution in [0.3, 0.4) is 0 Å². The van der Waals surface area contributed by atoms with Gasteiger partial charge >= 0.3 is 0 Å². The molecule has 0 atom stereocenters. The zero-order chi connectivity index (χ0) is 15.5. The Bertz CT molecular complexity index is 868. The summed E-state index contributed by atoms with van der Waals surface area (Å²) < 4.78 is 0. The largest absolute Gasteiger partial charge is 0.508 e. The number of carbonyl (C=O) groups is 1. The molecule has 0 fully saturated rings. The lowest BCUT2D eigenvalue weighted by Crippen LogP contribution is -2.17. The van der Waals surface area contributed by atoms with Gasteiger partial charge in [-0.15, -0.1) is 0 Å². The van der Waals surface area contributed by atoms with Gasteiger partial charge in [0.05, 0.1) is 11.8 Å². The number of aromatic nitrogens is 1. The Hall–Kier alpha value is -3.28. The summed E-state index contributed by atoms with van der Waals surface area (Å²) in [5.74, 6) is -0.454. The first-order chi connectivity index (χ1) is 10.6. The van der Waals surface area contributed by atoms with Crippen molar-refractivity contribution in [3.63, 3.8) is 0 Å². The van der Waals surface area contributed by atoms with Crippen molar-refractivity contribution in [2.24, 2.45) is 5.10 Å². The fourth-order valence-corrected chi connectivity index (χ4v) is 2.12. The lowest BCUT2D eigenvalue weighted by Gasteiger charge is -2.01. The zero-order valence-electron chi connectivity index (χ0n) is 11.4. The SMILES string of the molecule is O=C(N/N=C/c1c[nH]c2ccc(O)cc12)c1ccccc1O. The van der Waals surface area contributed by atoms with Crippen LogP contribution < -0.4 is 5.43 Å². The van der Waals surface area contributed by atoms with Crippen LogP contribution in [-0.2, 0) is 0 Å². The lowest BCUT2D eigenvalue weighted by atomic mass is 10.2. The van der Waals surface area contributed by atoms with Gasteiger partial charge in [-0.2, -0.15) is 5.10 Å². The maximum atomic E-state index is 11.9. The van der Waals surface area contributed by atoms with Gasteiger partial charge in [-0.1, -0.05) is 12.1 Å². The first kappa shape index (κ1) is 13.7. The lowest BCUT2D eigenvalue weighted by molar-refractivity contribution is 0.0952. The van der Waals surface area contributed by atoms with E-state index in [-0.39, 0.29) is 17.1 Å². The van der Waals surface area contributed by atoms with Crippen LogP contribution in [0.15, 0.2) is 53.8 Å². The molecule has 1 amide bonds. The quantitative estimate of drug-likeness (QED) is 0.441. The third-order valence-corrected chi connectivity index (χ3v) is 3.22. The molecule has 2 aromatic carbocycles. The summed E-state index contributed by atoms with van der Waals surface area (Å²) in [5.41, 5.74) is 4.08. The number of H-pyrrole nitrogens is 1. The summed E-state index contributed by atoms with van der Waals surface area (Å²) in [5, 5.41) is 23.8. The van der Waals surface area contributed by atoms with E-state index in [1.807, 2.05) is 0 Å². The molecule has 0 aliphatic carbocycles. The van der Waals surface area contributed by atoms with Crippen LogP contribution in [0.2, 0.25) is 0 Å². The highest BCUT2D eigenvalue weighted by Gasteiger charge is 2.08. The monoisotopic (exact) mass is 295 g/mol. The molecule has 0 radical (unpaired) electrons. The number of carbonyl (C=O) groups excluding carboxylic acids is 1. The maximum Gasteiger partial charge on any atom is 0.275 e. The Kier molecular flexibility index (Phi) is 3.49. The molecule has 3 aromatic rings. The molecule has 0 spiro atoms.